The fraction of sp³-hybridized carbons (Fsp3) is 0. The van der Waals surface area contributed by atoms with Crippen molar-refractivity contribution in [3.05, 3.63) is 582 Å². The molecule has 0 fully saturated rings. The SMILES string of the molecule is c1ccc(-c2ccc(-c3ccc(-n4c5ccccc5c5cc(-c6ccc7c(c6)c6ccccc6n7-c6ccc(-c7ccccc7)cc6)ccc54)cc3)cc2)cc1.c1ccc(-c2cccc(-n3c4ccccc4c4cc(-c5ccc6c(c5)c5ccccc5n6-c5cccc(-c6ccccc6)c5)ccc43)c2)cc1.c1ccc(-c2cccc(-n3c4ccccc4c4cc(-c5ccc6c(c5)c5ccccc5n6-c5ccccc5)ccc43)c2)cc1. The smallest absolute Gasteiger partial charge is 0.0541 e. The number of benzene rings is 24. The van der Waals surface area contributed by atoms with Crippen LogP contribution in [0.25, 0.3) is 265 Å². The van der Waals surface area contributed by atoms with Gasteiger partial charge in [0.05, 0.1) is 66.2 Å². The van der Waals surface area contributed by atoms with Gasteiger partial charge in [0.2, 0.25) is 0 Å². The first kappa shape index (κ1) is 87.8. The average Bonchev–Trinajstić information content (AvgIpc) is 1.59. The van der Waals surface area contributed by atoms with E-state index in [-0.39, 0.29) is 0 Å². The Morgan fingerprint density at radius 1 is 0.0733 bits per heavy atom. The van der Waals surface area contributed by atoms with Crippen LogP contribution in [0.3, 0.4) is 0 Å². The Balaban J connectivity index is 0.000000109. The van der Waals surface area contributed by atoms with Gasteiger partial charge in [-0.2, -0.15) is 0 Å². The van der Waals surface area contributed by atoms with Crippen LogP contribution in [0.1, 0.15) is 0 Å². The summed E-state index contributed by atoms with van der Waals surface area (Å²) in [6.07, 6.45) is 0. The van der Waals surface area contributed by atoms with E-state index >= 15 is 0 Å². The molecule has 0 atom stereocenters. The summed E-state index contributed by atoms with van der Waals surface area (Å²) in [4.78, 5) is 0. The van der Waals surface area contributed by atoms with Crippen molar-refractivity contribution in [2.75, 3.05) is 0 Å². The summed E-state index contributed by atoms with van der Waals surface area (Å²) < 4.78 is 14.4. The molecule has 6 heterocycles. The molecule has 6 nitrogen and oxygen atoms in total. The summed E-state index contributed by atoms with van der Waals surface area (Å²) in [5.74, 6) is 0. The summed E-state index contributed by atoms with van der Waals surface area (Å²) in [6.45, 7) is 0. The third kappa shape index (κ3) is 15.6. The van der Waals surface area contributed by atoms with E-state index in [4.69, 9.17) is 0 Å². The first-order valence-electron chi connectivity index (χ1n) is 51.6. The number of nitrogens with zero attached hydrogens (tertiary/aromatic N) is 6. The number of para-hydroxylation sites is 7. The fourth-order valence-corrected chi connectivity index (χ4v) is 23.2. The quantitative estimate of drug-likeness (QED) is 0.0979. The van der Waals surface area contributed by atoms with Gasteiger partial charge in [-0.3, -0.25) is 0 Å². The molecule has 6 aromatic heterocycles. The van der Waals surface area contributed by atoms with Crippen LogP contribution < -0.4 is 0 Å². The van der Waals surface area contributed by atoms with Gasteiger partial charge < -0.3 is 27.4 Å². The molecule has 702 valence electrons. The highest BCUT2D eigenvalue weighted by Crippen LogP contribution is 2.46. The van der Waals surface area contributed by atoms with E-state index in [0.717, 1.165) is 22.7 Å². The van der Waals surface area contributed by atoms with Crippen molar-refractivity contribution < 1.29 is 0 Å². The van der Waals surface area contributed by atoms with Crippen LogP contribution in [0.4, 0.5) is 0 Å². The molecule has 0 radical (unpaired) electrons. The van der Waals surface area contributed by atoms with Gasteiger partial charge in [-0.1, -0.05) is 400 Å². The number of hydrogen-bond donors (Lipinski definition) is 0. The van der Waals surface area contributed by atoms with E-state index in [1.807, 2.05) is 0 Å². The molecule has 0 aliphatic carbocycles. The van der Waals surface area contributed by atoms with Gasteiger partial charge in [0.1, 0.15) is 0 Å². The van der Waals surface area contributed by atoms with E-state index in [1.165, 1.54) is 242 Å². The molecule has 150 heavy (non-hydrogen) atoms. The van der Waals surface area contributed by atoms with Crippen LogP contribution in [0.15, 0.2) is 582 Å². The minimum Gasteiger partial charge on any atom is -0.309 e. The van der Waals surface area contributed by atoms with Crippen LogP contribution in [0, 0.1) is 0 Å². The summed E-state index contributed by atoms with van der Waals surface area (Å²) in [7, 11) is 0. The van der Waals surface area contributed by atoms with Crippen LogP contribution in [0.5, 0.6) is 0 Å². The van der Waals surface area contributed by atoms with Gasteiger partial charge in [0.25, 0.3) is 0 Å². The second-order valence-corrected chi connectivity index (χ2v) is 39.0. The van der Waals surface area contributed by atoms with Crippen LogP contribution in [-0.2, 0) is 0 Å². The molecular weight excluding hydrogens is 1810 g/mol. The van der Waals surface area contributed by atoms with Crippen molar-refractivity contribution in [3.8, 4) is 134 Å². The van der Waals surface area contributed by atoms with Crippen molar-refractivity contribution in [1.29, 1.82) is 0 Å². The van der Waals surface area contributed by atoms with Crippen molar-refractivity contribution in [2.24, 2.45) is 0 Å². The minimum absolute atomic E-state index is 1.15. The van der Waals surface area contributed by atoms with E-state index < -0.39 is 0 Å². The topological polar surface area (TPSA) is 29.6 Å². The number of fused-ring (bicyclic) bond motifs is 18. The molecule has 0 bridgehead atoms. The highest BCUT2D eigenvalue weighted by molar-refractivity contribution is 6.17. The molecule has 30 rings (SSSR count). The van der Waals surface area contributed by atoms with Gasteiger partial charge >= 0.3 is 0 Å². The molecule has 30 aromatic rings. The lowest BCUT2D eigenvalue weighted by Gasteiger charge is -2.11. The molecule has 0 N–H and O–H groups in total. The molecule has 0 amide bonds. The van der Waals surface area contributed by atoms with Crippen LogP contribution in [-0.4, -0.2) is 27.4 Å². The Labute approximate surface area is 868 Å². The first-order chi connectivity index (χ1) is 74.4. The Morgan fingerprint density at radius 2 is 0.207 bits per heavy atom. The molecule has 0 unspecified atom stereocenters. The Hall–Kier alpha value is -19.9. The minimum atomic E-state index is 1.15. The zero-order valence-corrected chi connectivity index (χ0v) is 82.1. The lowest BCUT2D eigenvalue weighted by molar-refractivity contribution is 1.18. The van der Waals surface area contributed by atoms with Gasteiger partial charge in [0, 0.05) is 98.8 Å². The Morgan fingerprint density at radius 3 is 0.427 bits per heavy atom. The number of hydrogen-bond acceptors (Lipinski definition) is 0. The molecule has 0 saturated heterocycles. The predicted octanol–water partition coefficient (Wildman–Crippen LogP) is 38.6. The van der Waals surface area contributed by atoms with Crippen molar-refractivity contribution >= 4 is 131 Å². The highest BCUT2D eigenvalue weighted by atomic mass is 15.0. The van der Waals surface area contributed by atoms with Crippen LogP contribution >= 0.6 is 0 Å². The largest absolute Gasteiger partial charge is 0.309 e. The van der Waals surface area contributed by atoms with Crippen LogP contribution in [0.2, 0.25) is 0 Å². The van der Waals surface area contributed by atoms with Gasteiger partial charge in [0.15, 0.2) is 0 Å². The lowest BCUT2D eigenvalue weighted by Crippen LogP contribution is -1.94. The van der Waals surface area contributed by atoms with Crippen molar-refractivity contribution in [3.63, 3.8) is 0 Å². The monoisotopic (exact) mass is 1910 g/mol. The molecule has 0 spiro atoms. The normalized spacial score (nSPS) is 11.6. The Bertz CT molecular complexity index is 10200. The molecule has 6 heteroatoms. The van der Waals surface area contributed by atoms with Gasteiger partial charge in [-0.25, -0.2) is 0 Å². The second kappa shape index (κ2) is 37.4. The second-order valence-electron chi connectivity index (χ2n) is 39.0. The highest BCUT2D eigenvalue weighted by Gasteiger charge is 2.24. The zero-order chi connectivity index (χ0) is 99.1. The maximum atomic E-state index is 2.40. The van der Waals surface area contributed by atoms with Gasteiger partial charge in [-0.15, -0.1) is 0 Å². The molecule has 0 saturated carbocycles. The maximum absolute atomic E-state index is 2.40. The lowest BCUT2D eigenvalue weighted by atomic mass is 10.00. The third-order valence-corrected chi connectivity index (χ3v) is 30.4. The van der Waals surface area contributed by atoms with E-state index in [9.17, 15) is 0 Å². The van der Waals surface area contributed by atoms with E-state index in [2.05, 4.69) is 610 Å². The molecular formula is C144H96N6. The standard InChI is InChI=1S/C54H36N2.C48H32N2.C42H28N2/c1-3-11-37(12-4-1)39-19-21-40(22-20-39)42-25-31-46(32-26-42)56-52-18-10-8-16-48(52)50-36-44(28-34-54(50)56)43-27-33-53-49(35-43)47-15-7-9-17-51(47)55(53)45-29-23-41(24-30-45)38-13-5-2-6-14-38;1-3-13-33(14-4-1)35-17-11-19-39(29-35)49-45-23-9-7-21-41(45)43-31-37(25-27-47(43)49)38-26-28-48-44(32-38)42-22-8-10-24-46(42)50(48)40-20-12-18-36(30-40)34-15-5-2-6-16-34;1-3-12-29(13-4-1)30-14-11-17-34(26-30)44-40-21-10-8-19-36(40)38-28-32(23-25-42(38)44)31-22-24-41-37(27-31)35-18-7-9-20-39(35)43(41)33-15-5-2-6-16-33/h1-36H;1-32H;1-28H. The Kier molecular flexibility index (Phi) is 21.9. The summed E-state index contributed by atoms with van der Waals surface area (Å²) in [5.41, 5.74) is 43.4. The fourth-order valence-electron chi connectivity index (χ4n) is 23.2. The van der Waals surface area contributed by atoms with E-state index in [1.54, 1.807) is 0 Å². The average molecular weight is 1910 g/mol. The van der Waals surface area contributed by atoms with Crippen molar-refractivity contribution in [1.82, 2.24) is 27.4 Å². The van der Waals surface area contributed by atoms with E-state index in [0.29, 0.717) is 0 Å². The first-order valence-corrected chi connectivity index (χ1v) is 51.6. The summed E-state index contributed by atoms with van der Waals surface area (Å²) in [5, 5.41) is 15.1. The van der Waals surface area contributed by atoms with Gasteiger partial charge in [-0.05, 0) is 282 Å². The zero-order valence-electron chi connectivity index (χ0n) is 82.1. The summed E-state index contributed by atoms with van der Waals surface area (Å²) >= 11 is 0. The molecule has 24 aromatic carbocycles. The molecule has 0 aliphatic rings. The molecule has 0 aliphatic heterocycles. The predicted molar refractivity (Wildman–Crippen MR) is 634 cm³/mol. The number of rotatable bonds is 15. The summed E-state index contributed by atoms with van der Waals surface area (Å²) in [6, 6.07) is 211. The number of aromatic nitrogens is 6. The maximum Gasteiger partial charge on any atom is 0.0541 e. The van der Waals surface area contributed by atoms with Crippen molar-refractivity contribution in [2.45, 2.75) is 0 Å². The third-order valence-electron chi connectivity index (χ3n) is 30.4.